The SMILES string of the molecule is COC(=O)c1nn(-c2cc(F)c(Br)cc2F)cc(C)c1=O. The van der Waals surface area contributed by atoms with E-state index >= 15 is 0 Å². The first kappa shape index (κ1) is 15.3. The maximum absolute atomic E-state index is 13.9. The number of halogens is 3. The molecule has 0 unspecified atom stereocenters. The van der Waals surface area contributed by atoms with Gasteiger partial charge >= 0.3 is 5.97 Å². The number of esters is 1. The molecule has 0 N–H and O–H groups in total. The van der Waals surface area contributed by atoms with Crippen molar-refractivity contribution in [2.24, 2.45) is 0 Å². The van der Waals surface area contributed by atoms with Gasteiger partial charge in [-0.25, -0.2) is 18.3 Å². The Kier molecular flexibility index (Phi) is 4.17. The lowest BCUT2D eigenvalue weighted by Gasteiger charge is -2.10. The Hall–Kier alpha value is -2.09. The third kappa shape index (κ3) is 2.85. The maximum atomic E-state index is 13.9. The summed E-state index contributed by atoms with van der Waals surface area (Å²) in [5, 5.41) is 3.71. The summed E-state index contributed by atoms with van der Waals surface area (Å²) in [6, 6.07) is 1.83. The van der Waals surface area contributed by atoms with Gasteiger partial charge in [0.1, 0.15) is 17.3 Å². The highest BCUT2D eigenvalue weighted by molar-refractivity contribution is 9.10. The van der Waals surface area contributed by atoms with Crippen molar-refractivity contribution in [3.63, 3.8) is 0 Å². The molecule has 0 fully saturated rings. The van der Waals surface area contributed by atoms with Crippen LogP contribution >= 0.6 is 15.9 Å². The number of carbonyl (C=O) groups is 1. The highest BCUT2D eigenvalue weighted by atomic mass is 79.9. The van der Waals surface area contributed by atoms with Crippen LogP contribution in [-0.4, -0.2) is 22.9 Å². The van der Waals surface area contributed by atoms with E-state index in [-0.39, 0.29) is 15.7 Å². The summed E-state index contributed by atoms with van der Waals surface area (Å²) in [6.45, 7) is 1.43. The van der Waals surface area contributed by atoms with Crippen molar-refractivity contribution in [1.29, 1.82) is 0 Å². The van der Waals surface area contributed by atoms with Crippen LogP contribution in [0.5, 0.6) is 0 Å². The number of carbonyl (C=O) groups excluding carboxylic acids is 1. The third-order valence-electron chi connectivity index (χ3n) is 2.71. The lowest BCUT2D eigenvalue weighted by atomic mass is 10.2. The zero-order valence-corrected chi connectivity index (χ0v) is 12.6. The molecule has 8 heteroatoms. The standard InChI is InChI=1S/C13H9BrF2N2O3/c1-6-5-18(17-11(12(6)19)13(20)21-2)10-4-8(15)7(14)3-9(10)16/h3-5H,1-2H3. The van der Waals surface area contributed by atoms with Crippen LogP contribution in [0.4, 0.5) is 8.78 Å². The Bertz CT molecular complexity index is 790. The van der Waals surface area contributed by atoms with Crippen molar-refractivity contribution in [2.75, 3.05) is 7.11 Å². The molecule has 0 radical (unpaired) electrons. The predicted molar refractivity (Wildman–Crippen MR) is 73.5 cm³/mol. The molecule has 0 aliphatic rings. The summed E-state index contributed by atoms with van der Waals surface area (Å²) in [5.41, 5.74) is -1.21. The molecule has 2 aromatic rings. The molecule has 0 saturated heterocycles. The van der Waals surface area contributed by atoms with Crippen LogP contribution < -0.4 is 5.43 Å². The zero-order valence-electron chi connectivity index (χ0n) is 11.0. The van der Waals surface area contributed by atoms with Gasteiger partial charge in [-0.15, -0.1) is 0 Å². The van der Waals surface area contributed by atoms with Crippen LogP contribution in [0.3, 0.4) is 0 Å². The van der Waals surface area contributed by atoms with Crippen molar-refractivity contribution >= 4 is 21.9 Å². The van der Waals surface area contributed by atoms with Gasteiger partial charge in [-0.2, -0.15) is 5.10 Å². The second-order valence-corrected chi connectivity index (χ2v) is 5.00. The molecular formula is C13H9BrF2N2O3. The van der Waals surface area contributed by atoms with Gasteiger partial charge in [0, 0.05) is 17.8 Å². The first-order valence-electron chi connectivity index (χ1n) is 5.69. The summed E-state index contributed by atoms with van der Waals surface area (Å²) < 4.78 is 32.8. The van der Waals surface area contributed by atoms with E-state index in [2.05, 4.69) is 25.8 Å². The minimum Gasteiger partial charge on any atom is -0.464 e. The maximum Gasteiger partial charge on any atom is 0.362 e. The van der Waals surface area contributed by atoms with Crippen LogP contribution in [0.15, 0.2) is 27.6 Å². The first-order chi connectivity index (χ1) is 9.85. The highest BCUT2D eigenvalue weighted by Gasteiger charge is 2.18. The Balaban J connectivity index is 2.71. The fraction of sp³-hybridized carbons (Fsp3) is 0.154. The smallest absolute Gasteiger partial charge is 0.362 e. The molecule has 0 atom stereocenters. The van der Waals surface area contributed by atoms with E-state index in [9.17, 15) is 18.4 Å². The van der Waals surface area contributed by atoms with Crippen molar-refractivity contribution in [3.05, 3.63) is 55.9 Å². The molecule has 0 aliphatic carbocycles. The van der Waals surface area contributed by atoms with Crippen LogP contribution in [0.25, 0.3) is 5.69 Å². The van der Waals surface area contributed by atoms with E-state index in [0.29, 0.717) is 0 Å². The second kappa shape index (κ2) is 5.72. The average Bonchev–Trinajstić information content (AvgIpc) is 2.45. The van der Waals surface area contributed by atoms with Crippen molar-refractivity contribution < 1.29 is 18.3 Å². The summed E-state index contributed by atoms with van der Waals surface area (Å²) >= 11 is 2.86. The van der Waals surface area contributed by atoms with Crippen LogP contribution in [0.1, 0.15) is 16.1 Å². The zero-order chi connectivity index (χ0) is 15.7. The van der Waals surface area contributed by atoms with E-state index in [0.717, 1.165) is 23.9 Å². The van der Waals surface area contributed by atoms with E-state index < -0.39 is 28.7 Å². The number of rotatable bonds is 2. The molecule has 1 aromatic carbocycles. The van der Waals surface area contributed by atoms with Gasteiger partial charge in [-0.3, -0.25) is 4.79 Å². The largest absolute Gasteiger partial charge is 0.464 e. The lowest BCUT2D eigenvalue weighted by Crippen LogP contribution is -2.24. The van der Waals surface area contributed by atoms with Crippen LogP contribution in [0.2, 0.25) is 0 Å². The quantitative estimate of drug-likeness (QED) is 0.610. The van der Waals surface area contributed by atoms with Crippen LogP contribution in [0, 0.1) is 18.6 Å². The molecule has 1 heterocycles. The molecule has 2 rings (SSSR count). The molecule has 21 heavy (non-hydrogen) atoms. The number of benzene rings is 1. The van der Waals surface area contributed by atoms with Crippen molar-refractivity contribution in [1.82, 2.24) is 9.78 Å². The van der Waals surface area contributed by atoms with Gasteiger partial charge in [0.05, 0.1) is 11.6 Å². The van der Waals surface area contributed by atoms with Crippen molar-refractivity contribution in [2.45, 2.75) is 6.92 Å². The molecule has 0 spiro atoms. The topological polar surface area (TPSA) is 61.2 Å². The number of methoxy groups -OCH3 is 1. The fourth-order valence-corrected chi connectivity index (χ4v) is 1.97. The van der Waals surface area contributed by atoms with E-state index in [1.165, 1.54) is 13.1 Å². The monoisotopic (exact) mass is 358 g/mol. The van der Waals surface area contributed by atoms with Gasteiger partial charge < -0.3 is 4.74 Å². The minimum absolute atomic E-state index is 0.0466. The molecule has 1 aromatic heterocycles. The fourth-order valence-electron chi connectivity index (χ4n) is 1.65. The Labute approximate surface area is 126 Å². The summed E-state index contributed by atoms with van der Waals surface area (Å²) in [7, 11) is 1.09. The molecule has 0 amide bonds. The normalized spacial score (nSPS) is 10.5. The highest BCUT2D eigenvalue weighted by Crippen LogP contribution is 2.22. The van der Waals surface area contributed by atoms with Gasteiger partial charge in [0.2, 0.25) is 11.1 Å². The minimum atomic E-state index is -0.949. The predicted octanol–water partition coefficient (Wildman–Crippen LogP) is 2.37. The van der Waals surface area contributed by atoms with E-state index in [1.54, 1.807) is 0 Å². The first-order valence-corrected chi connectivity index (χ1v) is 6.48. The summed E-state index contributed by atoms with van der Waals surface area (Å²) in [6.07, 6.45) is 1.21. The Morgan fingerprint density at radius 2 is 2.00 bits per heavy atom. The third-order valence-corrected chi connectivity index (χ3v) is 3.32. The average molecular weight is 359 g/mol. The number of nitrogens with zero attached hydrogens (tertiary/aromatic N) is 2. The van der Waals surface area contributed by atoms with E-state index in [1.807, 2.05) is 0 Å². The Morgan fingerprint density at radius 3 is 2.62 bits per heavy atom. The number of aromatic nitrogens is 2. The van der Waals surface area contributed by atoms with Gasteiger partial charge in [0.15, 0.2) is 0 Å². The van der Waals surface area contributed by atoms with Gasteiger partial charge in [-0.05, 0) is 28.9 Å². The van der Waals surface area contributed by atoms with E-state index in [4.69, 9.17) is 0 Å². The molecule has 110 valence electrons. The number of hydrogen-bond acceptors (Lipinski definition) is 4. The molecule has 5 nitrogen and oxygen atoms in total. The lowest BCUT2D eigenvalue weighted by molar-refractivity contribution is 0.0590. The summed E-state index contributed by atoms with van der Waals surface area (Å²) in [4.78, 5) is 23.3. The number of ether oxygens (including phenoxy) is 1. The number of hydrogen-bond donors (Lipinski definition) is 0. The van der Waals surface area contributed by atoms with Crippen LogP contribution in [-0.2, 0) is 4.74 Å². The molecular weight excluding hydrogens is 350 g/mol. The van der Waals surface area contributed by atoms with Gasteiger partial charge in [-0.1, -0.05) is 0 Å². The molecule has 0 saturated carbocycles. The summed E-state index contributed by atoms with van der Waals surface area (Å²) in [5.74, 6) is -2.42. The van der Waals surface area contributed by atoms with Gasteiger partial charge in [0.25, 0.3) is 0 Å². The number of aryl methyl sites for hydroxylation is 1. The Morgan fingerprint density at radius 1 is 1.33 bits per heavy atom. The van der Waals surface area contributed by atoms with Crippen molar-refractivity contribution in [3.8, 4) is 5.69 Å². The molecule has 0 aliphatic heterocycles. The second-order valence-electron chi connectivity index (χ2n) is 4.14. The molecule has 0 bridgehead atoms.